The lowest BCUT2D eigenvalue weighted by molar-refractivity contribution is -0.285. The molecule has 9 heteroatoms. The van der Waals surface area contributed by atoms with Gasteiger partial charge in [0.1, 0.15) is 30.2 Å². The van der Waals surface area contributed by atoms with E-state index in [1.54, 1.807) is 0 Å². The zero-order valence-electron chi connectivity index (χ0n) is 8.42. The van der Waals surface area contributed by atoms with E-state index in [4.69, 9.17) is 9.29 Å². The maximum Gasteiger partial charge on any atom is 0.267 e. The molecule has 1 saturated heterocycles. The number of methoxy groups -OCH3 is 1. The molecule has 0 aromatic heterocycles. The van der Waals surface area contributed by atoms with Crippen LogP contribution in [0.15, 0.2) is 0 Å². The molecule has 0 aliphatic carbocycles. The largest absolute Gasteiger partial charge is 0.388 e. The summed E-state index contributed by atoms with van der Waals surface area (Å²) in [5.41, 5.74) is 0. The Kier molecular flexibility index (Phi) is 4.23. The molecule has 16 heavy (non-hydrogen) atoms. The topological polar surface area (TPSA) is 134 Å². The molecule has 0 radical (unpaired) electrons. The molecule has 0 bridgehead atoms. The fraction of sp³-hybridized carbons (Fsp3) is 1.00. The molecule has 8 nitrogen and oxygen atoms in total. The van der Waals surface area contributed by atoms with Crippen molar-refractivity contribution >= 4 is 10.1 Å². The third kappa shape index (κ3) is 3.10. The predicted octanol–water partition coefficient (Wildman–Crippen LogP) is -2.67. The maximum atomic E-state index is 10.6. The van der Waals surface area contributed by atoms with Crippen molar-refractivity contribution in [3.8, 4) is 0 Å². The van der Waals surface area contributed by atoms with Gasteiger partial charge in [0, 0.05) is 7.11 Å². The lowest BCUT2D eigenvalue weighted by atomic mass is 10.00. The monoisotopic (exact) mass is 258 g/mol. The average molecular weight is 258 g/mol. The number of hydrogen-bond acceptors (Lipinski definition) is 7. The predicted molar refractivity (Wildman–Crippen MR) is 50.1 cm³/mol. The van der Waals surface area contributed by atoms with E-state index in [2.05, 4.69) is 4.74 Å². The smallest absolute Gasteiger partial charge is 0.267 e. The third-order valence-electron chi connectivity index (χ3n) is 2.28. The van der Waals surface area contributed by atoms with Crippen LogP contribution in [-0.2, 0) is 19.6 Å². The Hall–Kier alpha value is -0.290. The molecule has 96 valence electrons. The van der Waals surface area contributed by atoms with Gasteiger partial charge in [-0.15, -0.1) is 0 Å². The van der Waals surface area contributed by atoms with Gasteiger partial charge in [-0.3, -0.25) is 4.55 Å². The number of aliphatic hydroxyl groups is 3. The van der Waals surface area contributed by atoms with Crippen LogP contribution in [0.25, 0.3) is 0 Å². The molecule has 0 amide bonds. The summed E-state index contributed by atoms with van der Waals surface area (Å²) in [5.74, 6) is -0.891. The third-order valence-corrected chi connectivity index (χ3v) is 3.03. The van der Waals surface area contributed by atoms with Gasteiger partial charge in [-0.25, -0.2) is 0 Å². The molecule has 1 rings (SSSR count). The fourth-order valence-corrected chi connectivity index (χ4v) is 2.15. The summed E-state index contributed by atoms with van der Waals surface area (Å²) < 4.78 is 39.3. The molecule has 5 atom stereocenters. The van der Waals surface area contributed by atoms with Crippen molar-refractivity contribution in [2.75, 3.05) is 12.9 Å². The molecular weight excluding hydrogens is 244 g/mol. The first-order valence-corrected chi connectivity index (χ1v) is 6.05. The van der Waals surface area contributed by atoms with Crippen LogP contribution in [-0.4, -0.2) is 71.9 Å². The van der Waals surface area contributed by atoms with Crippen LogP contribution in [0.3, 0.4) is 0 Å². The highest BCUT2D eigenvalue weighted by atomic mass is 32.2. The first-order valence-electron chi connectivity index (χ1n) is 4.44. The fourth-order valence-electron chi connectivity index (χ4n) is 1.46. The molecule has 1 aliphatic heterocycles. The Morgan fingerprint density at radius 3 is 2.19 bits per heavy atom. The van der Waals surface area contributed by atoms with Crippen LogP contribution in [0.2, 0.25) is 0 Å². The molecule has 0 aromatic rings. The maximum absolute atomic E-state index is 10.6. The van der Waals surface area contributed by atoms with E-state index in [0.717, 1.165) is 0 Å². The first kappa shape index (κ1) is 13.8. The highest BCUT2D eigenvalue weighted by Crippen LogP contribution is 2.22. The minimum absolute atomic E-state index is 0.891. The van der Waals surface area contributed by atoms with Crippen molar-refractivity contribution < 1.29 is 37.8 Å². The number of ether oxygens (including phenoxy) is 2. The van der Waals surface area contributed by atoms with Gasteiger partial charge < -0.3 is 24.8 Å². The van der Waals surface area contributed by atoms with Crippen LogP contribution < -0.4 is 0 Å². The Morgan fingerprint density at radius 2 is 1.75 bits per heavy atom. The van der Waals surface area contributed by atoms with Gasteiger partial charge in [0.05, 0.1) is 0 Å². The van der Waals surface area contributed by atoms with Crippen LogP contribution in [0.4, 0.5) is 0 Å². The normalized spacial score (nSPS) is 40.9. The quantitative estimate of drug-likeness (QED) is 0.403. The van der Waals surface area contributed by atoms with E-state index in [0.29, 0.717) is 0 Å². The van der Waals surface area contributed by atoms with Gasteiger partial charge >= 0.3 is 0 Å². The van der Waals surface area contributed by atoms with Crippen molar-refractivity contribution in [2.24, 2.45) is 0 Å². The van der Waals surface area contributed by atoms with E-state index in [1.165, 1.54) is 7.11 Å². The van der Waals surface area contributed by atoms with Gasteiger partial charge in [0.15, 0.2) is 6.29 Å². The minimum Gasteiger partial charge on any atom is -0.388 e. The Morgan fingerprint density at radius 1 is 1.19 bits per heavy atom. The van der Waals surface area contributed by atoms with E-state index in [-0.39, 0.29) is 0 Å². The van der Waals surface area contributed by atoms with Gasteiger partial charge in [0.2, 0.25) is 0 Å². The minimum atomic E-state index is -4.36. The standard InChI is InChI=1S/C7H14O8S/c1-14-7-6(10)5(9)4(8)3(15-7)2-16(11,12)13/h3-10H,2H2,1H3,(H,11,12,13)/t3-,4+,5+,6-,7+/m1/s1. The molecule has 0 unspecified atom stereocenters. The summed E-state index contributed by atoms with van der Waals surface area (Å²) in [6, 6.07) is 0. The molecule has 0 aromatic carbocycles. The van der Waals surface area contributed by atoms with E-state index in [9.17, 15) is 23.7 Å². The lowest BCUT2D eigenvalue weighted by Crippen LogP contribution is -2.59. The molecule has 1 heterocycles. The second-order valence-corrected chi connectivity index (χ2v) is 5.00. The summed E-state index contributed by atoms with van der Waals surface area (Å²) in [6.07, 6.45) is -7.34. The molecule has 1 fully saturated rings. The highest BCUT2D eigenvalue weighted by Gasteiger charge is 2.45. The second kappa shape index (κ2) is 4.92. The van der Waals surface area contributed by atoms with Crippen molar-refractivity contribution in [1.82, 2.24) is 0 Å². The number of aliphatic hydroxyl groups excluding tert-OH is 3. The van der Waals surface area contributed by atoms with Crippen LogP contribution in [0.5, 0.6) is 0 Å². The van der Waals surface area contributed by atoms with E-state index in [1.807, 2.05) is 0 Å². The highest BCUT2D eigenvalue weighted by molar-refractivity contribution is 7.85. The van der Waals surface area contributed by atoms with E-state index >= 15 is 0 Å². The Labute approximate surface area is 92.2 Å². The van der Waals surface area contributed by atoms with Gasteiger partial charge in [-0.1, -0.05) is 0 Å². The Balaban J connectivity index is 2.79. The number of rotatable bonds is 3. The summed E-state index contributed by atoms with van der Waals surface area (Å²) in [5, 5.41) is 28.1. The summed E-state index contributed by atoms with van der Waals surface area (Å²) in [7, 11) is -3.18. The van der Waals surface area contributed by atoms with Crippen molar-refractivity contribution in [3.63, 3.8) is 0 Å². The van der Waals surface area contributed by atoms with Gasteiger partial charge in [-0.2, -0.15) is 8.42 Å². The molecule has 1 aliphatic rings. The van der Waals surface area contributed by atoms with Gasteiger partial charge in [0.25, 0.3) is 10.1 Å². The molecule has 0 saturated carbocycles. The van der Waals surface area contributed by atoms with Crippen LogP contribution in [0.1, 0.15) is 0 Å². The zero-order valence-corrected chi connectivity index (χ0v) is 9.24. The summed E-state index contributed by atoms with van der Waals surface area (Å²) in [4.78, 5) is 0. The van der Waals surface area contributed by atoms with Crippen molar-refractivity contribution in [1.29, 1.82) is 0 Å². The summed E-state index contributed by atoms with van der Waals surface area (Å²) >= 11 is 0. The van der Waals surface area contributed by atoms with Gasteiger partial charge in [-0.05, 0) is 0 Å². The van der Waals surface area contributed by atoms with Crippen LogP contribution in [0, 0.1) is 0 Å². The van der Waals surface area contributed by atoms with Crippen molar-refractivity contribution in [2.45, 2.75) is 30.7 Å². The van der Waals surface area contributed by atoms with Crippen molar-refractivity contribution in [3.05, 3.63) is 0 Å². The average Bonchev–Trinajstić information content (AvgIpc) is 2.17. The molecule has 4 N–H and O–H groups in total. The Bertz CT molecular complexity index is 325. The zero-order chi connectivity index (χ0) is 12.5. The van der Waals surface area contributed by atoms with E-state index < -0.39 is 46.6 Å². The summed E-state index contributed by atoms with van der Waals surface area (Å²) in [6.45, 7) is 0. The SMILES string of the molecule is CO[C@H]1O[C@H](CS(=O)(=O)O)[C@H](O)[C@H](O)[C@H]1O. The molecule has 0 spiro atoms. The lowest BCUT2D eigenvalue weighted by Gasteiger charge is -2.39. The first-order chi connectivity index (χ1) is 7.26. The van der Waals surface area contributed by atoms with Crippen LogP contribution >= 0.6 is 0 Å². The number of hydrogen-bond donors (Lipinski definition) is 4. The molecular formula is C7H14O8S. The second-order valence-electron chi connectivity index (χ2n) is 3.50.